The minimum Gasteiger partial charge on any atom is -0.464 e. The molecule has 0 radical (unpaired) electrons. The van der Waals surface area contributed by atoms with Gasteiger partial charge in [0.1, 0.15) is 5.54 Å². The Kier molecular flexibility index (Phi) is 5.92. The number of carbonyl (C=O) groups is 1. The van der Waals surface area contributed by atoms with Gasteiger partial charge in [-0.05, 0) is 44.0 Å². The molecule has 3 nitrogen and oxygen atoms in total. The van der Waals surface area contributed by atoms with E-state index in [2.05, 4.69) is 5.32 Å². The van der Waals surface area contributed by atoms with E-state index in [4.69, 9.17) is 16.3 Å². The molecular weight excluding hydrogens is 286 g/mol. The summed E-state index contributed by atoms with van der Waals surface area (Å²) >= 11 is 5.93. The number of esters is 1. The molecule has 0 aliphatic heterocycles. The number of hydrogen-bond acceptors (Lipinski definition) is 3. The van der Waals surface area contributed by atoms with E-state index in [1.165, 1.54) is 19.3 Å². The highest BCUT2D eigenvalue weighted by Gasteiger charge is 2.39. The molecule has 21 heavy (non-hydrogen) atoms. The summed E-state index contributed by atoms with van der Waals surface area (Å²) in [5.41, 5.74) is 0.331. The fourth-order valence-electron chi connectivity index (χ4n) is 2.97. The standard InChI is InChI=1S/C17H24ClNO2/c1-2-21-16(20)17(12-6-4-3-5-7-13-17)19-15-10-8-14(18)9-11-15/h8-11,19H,2-7,12-13H2,1H3. The zero-order valence-corrected chi connectivity index (χ0v) is 13.4. The van der Waals surface area contributed by atoms with Crippen LogP contribution < -0.4 is 5.32 Å². The Balaban J connectivity index is 2.20. The molecule has 0 unspecified atom stereocenters. The molecule has 0 aromatic heterocycles. The van der Waals surface area contributed by atoms with Gasteiger partial charge in [-0.15, -0.1) is 0 Å². The summed E-state index contributed by atoms with van der Waals surface area (Å²) in [5, 5.41) is 4.14. The minimum absolute atomic E-state index is 0.123. The van der Waals surface area contributed by atoms with E-state index >= 15 is 0 Å². The lowest BCUT2D eigenvalue weighted by atomic mass is 9.83. The lowest BCUT2D eigenvalue weighted by molar-refractivity contribution is -0.149. The Labute approximate surface area is 132 Å². The number of halogens is 1. The van der Waals surface area contributed by atoms with Gasteiger partial charge in [-0.1, -0.05) is 43.7 Å². The van der Waals surface area contributed by atoms with Crippen molar-refractivity contribution in [3.05, 3.63) is 29.3 Å². The van der Waals surface area contributed by atoms with Crippen LogP contribution in [0.15, 0.2) is 24.3 Å². The molecule has 1 saturated carbocycles. The lowest BCUT2D eigenvalue weighted by Crippen LogP contribution is -2.48. The van der Waals surface area contributed by atoms with E-state index in [0.29, 0.717) is 11.6 Å². The van der Waals surface area contributed by atoms with Crippen molar-refractivity contribution in [1.29, 1.82) is 0 Å². The summed E-state index contributed by atoms with van der Waals surface area (Å²) in [5.74, 6) is -0.123. The molecule has 1 aliphatic carbocycles. The molecule has 0 spiro atoms. The molecule has 1 aliphatic rings. The third kappa shape index (κ3) is 4.37. The van der Waals surface area contributed by atoms with Crippen molar-refractivity contribution >= 4 is 23.3 Å². The Morgan fingerprint density at radius 2 is 1.71 bits per heavy atom. The molecule has 1 aromatic carbocycles. The normalized spacial score (nSPS) is 18.4. The molecular formula is C17H24ClNO2. The van der Waals surface area contributed by atoms with Crippen molar-refractivity contribution in [3.8, 4) is 0 Å². The van der Waals surface area contributed by atoms with Gasteiger partial charge in [-0.2, -0.15) is 0 Å². The van der Waals surface area contributed by atoms with Gasteiger partial charge in [0.15, 0.2) is 0 Å². The third-order valence-electron chi connectivity index (χ3n) is 4.10. The predicted molar refractivity (Wildman–Crippen MR) is 86.8 cm³/mol. The van der Waals surface area contributed by atoms with E-state index in [1.54, 1.807) is 0 Å². The van der Waals surface area contributed by atoms with Crippen LogP contribution in [0, 0.1) is 0 Å². The molecule has 1 fully saturated rings. The highest BCUT2D eigenvalue weighted by molar-refractivity contribution is 6.30. The number of rotatable bonds is 4. The molecule has 1 N–H and O–H groups in total. The van der Waals surface area contributed by atoms with Gasteiger partial charge in [0.2, 0.25) is 0 Å². The van der Waals surface area contributed by atoms with E-state index in [1.807, 2.05) is 31.2 Å². The quantitative estimate of drug-likeness (QED) is 0.812. The maximum absolute atomic E-state index is 12.5. The Morgan fingerprint density at radius 1 is 1.14 bits per heavy atom. The molecule has 4 heteroatoms. The van der Waals surface area contributed by atoms with Crippen LogP contribution in [0.3, 0.4) is 0 Å². The SMILES string of the molecule is CCOC(=O)C1(Nc2ccc(Cl)cc2)CCCCCCC1. The first kappa shape index (κ1) is 16.2. The van der Waals surface area contributed by atoms with Crippen molar-refractivity contribution < 1.29 is 9.53 Å². The highest BCUT2D eigenvalue weighted by atomic mass is 35.5. The van der Waals surface area contributed by atoms with Crippen molar-refractivity contribution in [3.63, 3.8) is 0 Å². The van der Waals surface area contributed by atoms with Crippen molar-refractivity contribution in [2.45, 2.75) is 57.4 Å². The number of nitrogens with one attached hydrogen (secondary N) is 1. The second kappa shape index (κ2) is 7.69. The first-order chi connectivity index (χ1) is 10.2. The molecule has 1 aromatic rings. The molecule has 0 saturated heterocycles. The summed E-state index contributed by atoms with van der Waals surface area (Å²) in [6, 6.07) is 7.52. The van der Waals surface area contributed by atoms with Gasteiger partial charge in [-0.25, -0.2) is 4.79 Å². The minimum atomic E-state index is -0.593. The second-order valence-corrected chi connectivity index (χ2v) is 6.14. The van der Waals surface area contributed by atoms with Crippen molar-refractivity contribution in [2.75, 3.05) is 11.9 Å². The van der Waals surface area contributed by atoms with Gasteiger partial charge in [0.05, 0.1) is 6.61 Å². The van der Waals surface area contributed by atoms with Crippen LogP contribution in [0.5, 0.6) is 0 Å². The number of ether oxygens (including phenoxy) is 1. The summed E-state index contributed by atoms with van der Waals surface area (Å²) in [7, 11) is 0. The highest BCUT2D eigenvalue weighted by Crippen LogP contribution is 2.31. The van der Waals surface area contributed by atoms with E-state index in [-0.39, 0.29) is 5.97 Å². The molecule has 0 atom stereocenters. The summed E-state index contributed by atoms with van der Waals surface area (Å²) in [6.07, 6.45) is 7.40. The first-order valence-corrected chi connectivity index (χ1v) is 8.25. The first-order valence-electron chi connectivity index (χ1n) is 7.87. The Bertz CT molecular complexity index is 450. The second-order valence-electron chi connectivity index (χ2n) is 5.70. The van der Waals surface area contributed by atoms with Crippen LogP contribution in [0.2, 0.25) is 5.02 Å². The van der Waals surface area contributed by atoms with Gasteiger partial charge >= 0.3 is 5.97 Å². The van der Waals surface area contributed by atoms with Crippen LogP contribution in [0.25, 0.3) is 0 Å². The third-order valence-corrected chi connectivity index (χ3v) is 4.35. The van der Waals surface area contributed by atoms with Crippen LogP contribution in [-0.2, 0) is 9.53 Å². The number of carbonyl (C=O) groups excluding carboxylic acids is 1. The molecule has 0 amide bonds. The molecule has 2 rings (SSSR count). The maximum Gasteiger partial charge on any atom is 0.331 e. The van der Waals surface area contributed by atoms with Crippen LogP contribution >= 0.6 is 11.6 Å². The number of hydrogen-bond donors (Lipinski definition) is 1. The van der Waals surface area contributed by atoms with Gasteiger partial charge in [0.25, 0.3) is 0 Å². The zero-order valence-electron chi connectivity index (χ0n) is 12.7. The average Bonchev–Trinajstić information content (AvgIpc) is 2.44. The smallest absolute Gasteiger partial charge is 0.331 e. The largest absolute Gasteiger partial charge is 0.464 e. The monoisotopic (exact) mass is 309 g/mol. The van der Waals surface area contributed by atoms with E-state index in [9.17, 15) is 4.79 Å². The predicted octanol–water partition coefficient (Wildman–Crippen LogP) is 4.80. The number of benzene rings is 1. The van der Waals surface area contributed by atoms with Crippen molar-refractivity contribution in [2.24, 2.45) is 0 Å². The average molecular weight is 310 g/mol. The van der Waals surface area contributed by atoms with Crippen molar-refractivity contribution in [1.82, 2.24) is 0 Å². The summed E-state index contributed by atoms with van der Waals surface area (Å²) in [4.78, 5) is 12.5. The molecule has 0 bridgehead atoms. The van der Waals surface area contributed by atoms with E-state index in [0.717, 1.165) is 31.4 Å². The topological polar surface area (TPSA) is 38.3 Å². The zero-order chi connectivity index (χ0) is 15.1. The van der Waals surface area contributed by atoms with Crippen LogP contribution in [-0.4, -0.2) is 18.1 Å². The Hall–Kier alpha value is -1.22. The van der Waals surface area contributed by atoms with Crippen LogP contribution in [0.4, 0.5) is 5.69 Å². The lowest BCUT2D eigenvalue weighted by Gasteiger charge is -2.35. The summed E-state index contributed by atoms with van der Waals surface area (Å²) in [6.45, 7) is 2.28. The number of anilines is 1. The van der Waals surface area contributed by atoms with Gasteiger partial charge in [0, 0.05) is 10.7 Å². The summed E-state index contributed by atoms with van der Waals surface area (Å²) < 4.78 is 5.35. The fraction of sp³-hybridized carbons (Fsp3) is 0.588. The maximum atomic E-state index is 12.5. The van der Waals surface area contributed by atoms with Gasteiger partial charge < -0.3 is 10.1 Å². The van der Waals surface area contributed by atoms with Crippen LogP contribution in [0.1, 0.15) is 51.9 Å². The van der Waals surface area contributed by atoms with E-state index < -0.39 is 5.54 Å². The van der Waals surface area contributed by atoms with Gasteiger partial charge in [-0.3, -0.25) is 0 Å². The Morgan fingerprint density at radius 3 is 2.29 bits per heavy atom. The fourth-order valence-corrected chi connectivity index (χ4v) is 3.09. The molecule has 0 heterocycles. The molecule has 116 valence electrons.